The molecule has 0 saturated carbocycles. The van der Waals surface area contributed by atoms with Crippen molar-refractivity contribution in [2.75, 3.05) is 13.2 Å². The summed E-state index contributed by atoms with van der Waals surface area (Å²) in [6.07, 6.45) is 4.74. The fourth-order valence-electron chi connectivity index (χ4n) is 3.41. The minimum atomic E-state index is -0.513. The smallest absolute Gasteiger partial charge is 0.338 e. The highest BCUT2D eigenvalue weighted by Gasteiger charge is 2.35. The molecule has 7 heteroatoms. The predicted molar refractivity (Wildman–Crippen MR) is 109 cm³/mol. The third kappa shape index (κ3) is 4.15. The van der Waals surface area contributed by atoms with E-state index < -0.39 is 5.97 Å². The molecule has 0 fully saturated rings. The van der Waals surface area contributed by atoms with Gasteiger partial charge in [0.05, 0.1) is 23.3 Å². The molecule has 1 aliphatic rings. The molecule has 4 rings (SSSR count). The first-order valence-corrected chi connectivity index (χ1v) is 9.82. The second kappa shape index (κ2) is 8.73. The van der Waals surface area contributed by atoms with E-state index in [9.17, 15) is 14.4 Å². The van der Waals surface area contributed by atoms with E-state index in [1.807, 2.05) is 42.6 Å². The molecule has 152 valence electrons. The largest absolute Gasteiger partial charge is 0.462 e. The number of aromatic nitrogens is 2. The van der Waals surface area contributed by atoms with Gasteiger partial charge in [-0.2, -0.15) is 5.10 Å². The fourth-order valence-corrected chi connectivity index (χ4v) is 3.41. The highest BCUT2D eigenvalue weighted by molar-refractivity contribution is 6.21. The molecule has 2 aromatic carbocycles. The summed E-state index contributed by atoms with van der Waals surface area (Å²) in [5, 5.41) is 4.09. The van der Waals surface area contributed by atoms with Crippen molar-refractivity contribution in [2.45, 2.75) is 19.4 Å². The lowest BCUT2D eigenvalue weighted by molar-refractivity contribution is 0.0494. The van der Waals surface area contributed by atoms with Crippen LogP contribution in [0.4, 0.5) is 0 Å². The number of carbonyl (C=O) groups is 3. The molecular weight excluding hydrogens is 382 g/mol. The van der Waals surface area contributed by atoms with Crippen molar-refractivity contribution >= 4 is 17.8 Å². The molecule has 0 N–H and O–H groups in total. The van der Waals surface area contributed by atoms with E-state index in [4.69, 9.17) is 4.74 Å². The highest BCUT2D eigenvalue weighted by Crippen LogP contribution is 2.24. The normalized spacial score (nSPS) is 12.9. The summed E-state index contributed by atoms with van der Waals surface area (Å²) in [6.45, 7) is 1.18. The molecule has 0 aliphatic carbocycles. The summed E-state index contributed by atoms with van der Waals surface area (Å²) in [4.78, 5) is 38.9. The zero-order chi connectivity index (χ0) is 20.9. The van der Waals surface area contributed by atoms with E-state index in [1.165, 1.54) is 23.1 Å². The van der Waals surface area contributed by atoms with Crippen molar-refractivity contribution in [3.8, 4) is 0 Å². The van der Waals surface area contributed by atoms with Gasteiger partial charge in [-0.15, -0.1) is 0 Å². The van der Waals surface area contributed by atoms with Crippen molar-refractivity contribution < 1.29 is 19.1 Å². The van der Waals surface area contributed by atoms with E-state index in [2.05, 4.69) is 5.10 Å². The summed E-state index contributed by atoms with van der Waals surface area (Å²) in [6, 6.07) is 16.0. The predicted octanol–water partition coefficient (Wildman–Crippen LogP) is 2.97. The van der Waals surface area contributed by atoms with Gasteiger partial charge in [0.1, 0.15) is 0 Å². The van der Waals surface area contributed by atoms with E-state index in [1.54, 1.807) is 10.9 Å². The molecule has 1 aliphatic heterocycles. The molecular formula is C23H21N3O4. The van der Waals surface area contributed by atoms with Crippen molar-refractivity contribution in [1.82, 2.24) is 14.7 Å². The lowest BCUT2D eigenvalue weighted by atomic mass is 10.1. The number of rotatable bonds is 8. The standard InChI is InChI=1S/C23H21N3O4/c27-21-19-9-8-18(23(29)30-15-5-13-25-12-4-11-24-25)16-20(19)22(28)26(21)14-10-17-6-2-1-3-7-17/h1-4,6-9,11-12,16H,5,10,13-15H2. The van der Waals surface area contributed by atoms with Crippen molar-refractivity contribution in [3.63, 3.8) is 0 Å². The summed E-state index contributed by atoms with van der Waals surface area (Å²) in [5.74, 6) is -1.22. The van der Waals surface area contributed by atoms with Crippen molar-refractivity contribution in [2.24, 2.45) is 0 Å². The maximum atomic E-state index is 12.7. The quantitative estimate of drug-likeness (QED) is 0.328. The minimum Gasteiger partial charge on any atom is -0.462 e. The Morgan fingerprint density at radius 3 is 2.50 bits per heavy atom. The van der Waals surface area contributed by atoms with Gasteiger partial charge in [0.2, 0.25) is 0 Å². The minimum absolute atomic E-state index is 0.242. The molecule has 0 atom stereocenters. The molecule has 3 aromatic rings. The molecule has 0 bridgehead atoms. The van der Waals surface area contributed by atoms with Gasteiger partial charge in [0.25, 0.3) is 11.8 Å². The van der Waals surface area contributed by atoms with Gasteiger partial charge in [-0.3, -0.25) is 19.2 Å². The van der Waals surface area contributed by atoms with E-state index in [0.717, 1.165) is 5.56 Å². The Morgan fingerprint density at radius 1 is 0.933 bits per heavy atom. The summed E-state index contributed by atoms with van der Waals surface area (Å²) >= 11 is 0. The Hall–Kier alpha value is -3.74. The first-order chi connectivity index (χ1) is 14.6. The number of hydrogen-bond donors (Lipinski definition) is 0. The van der Waals surface area contributed by atoms with E-state index >= 15 is 0 Å². The molecule has 2 amide bonds. The van der Waals surface area contributed by atoms with Gasteiger partial charge in [-0.1, -0.05) is 30.3 Å². The van der Waals surface area contributed by atoms with Gasteiger partial charge >= 0.3 is 5.97 Å². The number of aryl methyl sites for hydroxylation is 1. The number of imide groups is 1. The Labute approximate surface area is 173 Å². The third-order valence-corrected chi connectivity index (χ3v) is 5.00. The SMILES string of the molecule is O=C(OCCCn1cccn1)c1ccc2c(c1)C(=O)N(CCc1ccccc1)C2=O. The van der Waals surface area contributed by atoms with Crippen LogP contribution in [0, 0.1) is 0 Å². The number of fused-ring (bicyclic) bond motifs is 1. The second-order valence-corrected chi connectivity index (χ2v) is 7.02. The van der Waals surface area contributed by atoms with Crippen LogP contribution >= 0.6 is 0 Å². The molecule has 1 aromatic heterocycles. The lowest BCUT2D eigenvalue weighted by Gasteiger charge is -2.13. The van der Waals surface area contributed by atoms with E-state index in [-0.39, 0.29) is 29.5 Å². The number of benzene rings is 2. The average Bonchev–Trinajstić information content (AvgIpc) is 3.37. The van der Waals surface area contributed by atoms with Crippen LogP contribution in [0.15, 0.2) is 67.0 Å². The maximum Gasteiger partial charge on any atom is 0.338 e. The first kappa shape index (κ1) is 19.6. The molecule has 0 saturated heterocycles. The zero-order valence-electron chi connectivity index (χ0n) is 16.4. The monoisotopic (exact) mass is 403 g/mol. The van der Waals surface area contributed by atoms with Gasteiger partial charge in [-0.25, -0.2) is 4.79 Å². The average molecular weight is 403 g/mol. The van der Waals surface area contributed by atoms with Gasteiger partial charge in [0.15, 0.2) is 0 Å². The highest BCUT2D eigenvalue weighted by atomic mass is 16.5. The van der Waals surface area contributed by atoms with Crippen LogP contribution in [0.3, 0.4) is 0 Å². The van der Waals surface area contributed by atoms with Crippen molar-refractivity contribution in [3.05, 3.63) is 89.2 Å². The number of ether oxygens (including phenoxy) is 1. The Morgan fingerprint density at radius 2 is 1.73 bits per heavy atom. The van der Waals surface area contributed by atoms with Crippen LogP contribution in [0.25, 0.3) is 0 Å². The van der Waals surface area contributed by atoms with Gasteiger partial charge in [0, 0.05) is 31.9 Å². The third-order valence-electron chi connectivity index (χ3n) is 5.00. The van der Waals surface area contributed by atoms with Crippen LogP contribution in [0.1, 0.15) is 43.1 Å². The van der Waals surface area contributed by atoms with Crippen LogP contribution in [0.2, 0.25) is 0 Å². The molecule has 30 heavy (non-hydrogen) atoms. The zero-order valence-corrected chi connectivity index (χ0v) is 16.4. The van der Waals surface area contributed by atoms with Crippen LogP contribution in [-0.4, -0.2) is 45.6 Å². The molecule has 0 unspecified atom stereocenters. The topological polar surface area (TPSA) is 81.5 Å². The van der Waals surface area contributed by atoms with Crippen molar-refractivity contribution in [1.29, 1.82) is 0 Å². The van der Waals surface area contributed by atoms with Crippen LogP contribution in [-0.2, 0) is 17.7 Å². The molecule has 2 heterocycles. The van der Waals surface area contributed by atoms with Crippen LogP contribution < -0.4 is 0 Å². The Bertz CT molecular complexity index is 1060. The number of amides is 2. The summed E-state index contributed by atoms with van der Waals surface area (Å²) in [7, 11) is 0. The molecule has 0 spiro atoms. The van der Waals surface area contributed by atoms with Gasteiger partial charge in [-0.05, 0) is 36.2 Å². The second-order valence-electron chi connectivity index (χ2n) is 7.02. The first-order valence-electron chi connectivity index (χ1n) is 9.82. The lowest BCUT2D eigenvalue weighted by Crippen LogP contribution is -2.31. The fraction of sp³-hybridized carbons (Fsp3) is 0.217. The molecule has 7 nitrogen and oxygen atoms in total. The number of carbonyl (C=O) groups excluding carboxylic acids is 3. The number of hydrogen-bond acceptors (Lipinski definition) is 5. The number of esters is 1. The van der Waals surface area contributed by atoms with E-state index in [0.29, 0.717) is 31.5 Å². The number of nitrogens with zero attached hydrogens (tertiary/aromatic N) is 3. The molecule has 0 radical (unpaired) electrons. The Balaban J connectivity index is 1.36. The van der Waals surface area contributed by atoms with Crippen LogP contribution in [0.5, 0.6) is 0 Å². The maximum absolute atomic E-state index is 12.7. The van der Waals surface area contributed by atoms with Gasteiger partial charge < -0.3 is 4.74 Å². The summed E-state index contributed by atoms with van der Waals surface area (Å²) in [5.41, 5.74) is 1.88. The Kier molecular flexibility index (Phi) is 5.70. The summed E-state index contributed by atoms with van der Waals surface area (Å²) < 4.78 is 7.05.